The predicted octanol–water partition coefficient (Wildman–Crippen LogP) is 2.01. The molecule has 0 fully saturated rings. The molecule has 3 nitrogen and oxygen atoms in total. The average Bonchev–Trinajstić information content (AvgIpc) is 2.13. The van der Waals surface area contributed by atoms with E-state index in [4.69, 9.17) is 0 Å². The molecule has 0 saturated carbocycles. The molecule has 0 aromatic rings. The standard InChI is InChI=1S/C7H9F7N2OSe/c1-15(2)4(17)16(3)18-7(13,14)5(8,9)6(10,11)12/h1-3H3. The van der Waals surface area contributed by atoms with Gasteiger partial charge in [0.05, 0.1) is 0 Å². The van der Waals surface area contributed by atoms with Crippen molar-refractivity contribution in [2.45, 2.75) is 16.9 Å². The van der Waals surface area contributed by atoms with E-state index in [0.29, 0.717) is 0 Å². The van der Waals surface area contributed by atoms with Gasteiger partial charge in [0.25, 0.3) is 0 Å². The summed E-state index contributed by atoms with van der Waals surface area (Å²) < 4.78 is 86.4. The number of amides is 2. The van der Waals surface area contributed by atoms with E-state index in [0.717, 1.165) is 26.0 Å². The molecule has 18 heavy (non-hydrogen) atoms. The van der Waals surface area contributed by atoms with Crippen LogP contribution in [0.2, 0.25) is 0 Å². The van der Waals surface area contributed by atoms with Crippen LogP contribution in [-0.2, 0) is 0 Å². The van der Waals surface area contributed by atoms with Crippen LogP contribution >= 0.6 is 0 Å². The SMILES string of the molecule is CN(C)C(=O)N(C)[Se]C(F)(F)C(F)(F)C(F)(F)F. The third-order valence-corrected chi connectivity index (χ3v) is 3.55. The van der Waals surface area contributed by atoms with Crippen LogP contribution in [0, 0.1) is 0 Å². The molecule has 0 unspecified atom stereocenters. The number of urea groups is 1. The normalized spacial score (nSPS) is 13.4. The molecular formula is C7H9F7N2OSe. The Hall–Kier alpha value is -0.701. The molecule has 0 atom stereocenters. The van der Waals surface area contributed by atoms with Crippen molar-refractivity contribution < 1.29 is 35.5 Å². The van der Waals surface area contributed by atoms with E-state index in [1.165, 1.54) is 0 Å². The van der Waals surface area contributed by atoms with Crippen molar-refractivity contribution in [3.63, 3.8) is 0 Å². The average molecular weight is 349 g/mol. The first-order valence-corrected chi connectivity index (χ1v) is 5.83. The molecule has 0 aliphatic heterocycles. The van der Waals surface area contributed by atoms with Gasteiger partial charge in [-0.15, -0.1) is 0 Å². The number of rotatable bonds is 3. The molecule has 11 heteroatoms. The van der Waals surface area contributed by atoms with Gasteiger partial charge in [0.15, 0.2) is 0 Å². The van der Waals surface area contributed by atoms with Crippen molar-refractivity contribution in [3.05, 3.63) is 0 Å². The fraction of sp³-hybridized carbons (Fsp3) is 0.857. The molecule has 0 radical (unpaired) electrons. The maximum absolute atomic E-state index is 12.9. The summed E-state index contributed by atoms with van der Waals surface area (Å²) >= 11 is -2.69. The molecule has 0 bridgehead atoms. The van der Waals surface area contributed by atoms with Gasteiger partial charge < -0.3 is 0 Å². The van der Waals surface area contributed by atoms with Gasteiger partial charge >= 0.3 is 104 Å². The zero-order valence-electron chi connectivity index (χ0n) is 9.36. The third kappa shape index (κ3) is 3.41. The zero-order chi connectivity index (χ0) is 14.9. The van der Waals surface area contributed by atoms with E-state index in [-0.39, 0.29) is 3.92 Å². The van der Waals surface area contributed by atoms with Crippen LogP contribution < -0.4 is 0 Å². The zero-order valence-corrected chi connectivity index (χ0v) is 11.1. The van der Waals surface area contributed by atoms with Gasteiger partial charge in [-0.25, -0.2) is 0 Å². The Balaban J connectivity index is 5.02. The second kappa shape index (κ2) is 5.12. The summed E-state index contributed by atoms with van der Waals surface area (Å²) in [6, 6.07) is -1.09. The van der Waals surface area contributed by atoms with Crippen LogP contribution in [0.1, 0.15) is 0 Å². The summed E-state index contributed by atoms with van der Waals surface area (Å²) in [7, 11) is 3.02. The molecule has 0 spiro atoms. The summed E-state index contributed by atoms with van der Waals surface area (Å²) in [6.45, 7) is 0. The number of hydrogen-bond acceptors (Lipinski definition) is 1. The Kier molecular flexibility index (Phi) is 4.92. The second-order valence-electron chi connectivity index (χ2n) is 3.35. The van der Waals surface area contributed by atoms with E-state index in [2.05, 4.69) is 0 Å². The Morgan fingerprint density at radius 2 is 1.33 bits per heavy atom. The van der Waals surface area contributed by atoms with E-state index in [1.807, 2.05) is 0 Å². The molecular weight excluding hydrogens is 340 g/mol. The van der Waals surface area contributed by atoms with Crippen molar-refractivity contribution >= 4 is 21.2 Å². The van der Waals surface area contributed by atoms with Gasteiger partial charge in [-0.2, -0.15) is 0 Å². The van der Waals surface area contributed by atoms with Crippen LogP contribution in [0.15, 0.2) is 0 Å². The van der Waals surface area contributed by atoms with Gasteiger partial charge in [0.2, 0.25) is 0 Å². The van der Waals surface area contributed by atoms with Crippen molar-refractivity contribution in [3.8, 4) is 0 Å². The molecule has 0 N–H and O–H groups in total. The second-order valence-corrected chi connectivity index (χ2v) is 5.96. The van der Waals surface area contributed by atoms with Crippen LogP contribution in [-0.4, -0.2) is 68.1 Å². The molecule has 0 rings (SSSR count). The van der Waals surface area contributed by atoms with Crippen molar-refractivity contribution in [2.24, 2.45) is 0 Å². The fourth-order valence-electron chi connectivity index (χ4n) is 0.715. The minimum absolute atomic E-state index is 0.145. The summed E-state index contributed by atoms with van der Waals surface area (Å²) in [5.41, 5.74) is 0. The number of alkyl halides is 7. The number of nitrogens with zero attached hydrogens (tertiary/aromatic N) is 2. The molecule has 108 valence electrons. The molecule has 0 aliphatic carbocycles. The Labute approximate surface area is 104 Å². The quantitative estimate of drug-likeness (QED) is 0.565. The Morgan fingerprint density at radius 1 is 0.944 bits per heavy atom. The van der Waals surface area contributed by atoms with Crippen LogP contribution in [0.3, 0.4) is 0 Å². The van der Waals surface area contributed by atoms with Gasteiger partial charge in [-0.3, -0.25) is 0 Å². The number of halogens is 7. The number of carbonyl (C=O) groups is 1. The number of carbonyl (C=O) groups excluding carboxylic acids is 1. The summed E-state index contributed by atoms with van der Waals surface area (Å²) in [6.07, 6.45) is -6.37. The van der Waals surface area contributed by atoms with Crippen molar-refractivity contribution in [1.82, 2.24) is 8.82 Å². The van der Waals surface area contributed by atoms with Gasteiger partial charge in [-0.05, 0) is 0 Å². The Morgan fingerprint density at radius 3 is 1.61 bits per heavy atom. The molecule has 0 aromatic carbocycles. The van der Waals surface area contributed by atoms with E-state index < -0.39 is 38.1 Å². The summed E-state index contributed by atoms with van der Waals surface area (Å²) in [5.74, 6) is -6.18. The Bertz CT molecular complexity index is 317. The van der Waals surface area contributed by atoms with Gasteiger partial charge in [0.1, 0.15) is 0 Å². The minimum atomic E-state index is -6.37. The molecule has 0 aliphatic rings. The predicted molar refractivity (Wildman–Crippen MR) is 48.5 cm³/mol. The topological polar surface area (TPSA) is 23.6 Å². The third-order valence-electron chi connectivity index (χ3n) is 1.63. The van der Waals surface area contributed by atoms with Crippen molar-refractivity contribution in [2.75, 3.05) is 21.1 Å². The summed E-state index contributed by atoms with van der Waals surface area (Å²) in [4.78, 5) is 6.54. The van der Waals surface area contributed by atoms with Crippen molar-refractivity contribution in [1.29, 1.82) is 0 Å². The van der Waals surface area contributed by atoms with E-state index >= 15 is 0 Å². The van der Waals surface area contributed by atoms with Crippen LogP contribution in [0.5, 0.6) is 0 Å². The van der Waals surface area contributed by atoms with E-state index in [9.17, 15) is 35.5 Å². The first-order valence-electron chi connectivity index (χ1n) is 4.20. The summed E-state index contributed by atoms with van der Waals surface area (Å²) in [5, 5.41) is 0. The molecule has 2 amide bonds. The number of hydrogen-bond donors (Lipinski definition) is 0. The van der Waals surface area contributed by atoms with E-state index in [1.54, 1.807) is 0 Å². The van der Waals surface area contributed by atoms with Crippen LogP contribution in [0.4, 0.5) is 35.5 Å². The fourth-order valence-corrected chi connectivity index (χ4v) is 2.43. The first-order chi connectivity index (χ1) is 7.74. The van der Waals surface area contributed by atoms with Crippen LogP contribution in [0.25, 0.3) is 0 Å². The molecule has 0 saturated heterocycles. The van der Waals surface area contributed by atoms with Gasteiger partial charge in [-0.1, -0.05) is 0 Å². The molecule has 0 heterocycles. The maximum atomic E-state index is 12.9. The monoisotopic (exact) mass is 350 g/mol. The first kappa shape index (κ1) is 17.3. The van der Waals surface area contributed by atoms with Gasteiger partial charge in [0, 0.05) is 0 Å². The molecule has 0 aromatic heterocycles.